The second-order valence-electron chi connectivity index (χ2n) is 6.56. The minimum absolute atomic E-state index is 0.0487. The first-order valence-corrected chi connectivity index (χ1v) is 10.8. The molecule has 1 heterocycles. The molecule has 140 valence electrons. The van der Waals surface area contributed by atoms with Gasteiger partial charge < -0.3 is 9.64 Å². The van der Waals surface area contributed by atoms with Gasteiger partial charge in [-0.15, -0.1) is 0 Å². The van der Waals surface area contributed by atoms with Gasteiger partial charge in [0, 0.05) is 13.1 Å². The van der Waals surface area contributed by atoms with Crippen molar-refractivity contribution in [2.45, 2.75) is 51.3 Å². The van der Waals surface area contributed by atoms with Gasteiger partial charge in [-0.25, -0.2) is 13.2 Å². The molecule has 5 nitrogen and oxygen atoms in total. The van der Waals surface area contributed by atoms with Crippen LogP contribution in [-0.2, 0) is 14.6 Å². The number of benzene rings is 1. The van der Waals surface area contributed by atoms with E-state index in [9.17, 15) is 13.2 Å². The van der Waals surface area contributed by atoms with Crippen LogP contribution in [0, 0.1) is 5.41 Å². The summed E-state index contributed by atoms with van der Waals surface area (Å²) in [6, 6.07) is 4.71. The molecule has 1 aromatic carbocycles. The summed E-state index contributed by atoms with van der Waals surface area (Å²) in [6.07, 6.45) is 4.82. The molecular formula is C19H29NO4S. The number of ether oxygens (including phenoxy) is 1. The summed E-state index contributed by atoms with van der Waals surface area (Å²) in [6.45, 7) is 7.35. The SMILES string of the molecule is CC.CCS(=O)(=O)c1ccc(C(=O)OC)c(N2CCC3(CC2)CC3)c1. The number of carbonyl (C=O) groups excluding carboxylic acids is 1. The Kier molecular flexibility index (Phi) is 6.14. The first-order valence-electron chi connectivity index (χ1n) is 9.11. The van der Waals surface area contributed by atoms with E-state index in [-0.39, 0.29) is 10.6 Å². The Labute approximate surface area is 151 Å². The van der Waals surface area contributed by atoms with Gasteiger partial charge in [-0.1, -0.05) is 20.8 Å². The highest BCUT2D eigenvalue weighted by molar-refractivity contribution is 7.91. The summed E-state index contributed by atoms with van der Waals surface area (Å²) in [5.41, 5.74) is 1.64. The van der Waals surface area contributed by atoms with E-state index in [0.29, 0.717) is 16.7 Å². The highest BCUT2D eigenvalue weighted by atomic mass is 32.2. The Morgan fingerprint density at radius 1 is 1.16 bits per heavy atom. The van der Waals surface area contributed by atoms with Gasteiger partial charge in [0.25, 0.3) is 0 Å². The number of hydrogen-bond acceptors (Lipinski definition) is 5. The van der Waals surface area contributed by atoms with Crippen LogP contribution in [0.15, 0.2) is 23.1 Å². The minimum atomic E-state index is -3.30. The van der Waals surface area contributed by atoms with Crippen molar-refractivity contribution >= 4 is 21.5 Å². The van der Waals surface area contributed by atoms with Crippen molar-refractivity contribution in [2.24, 2.45) is 5.41 Å². The third-order valence-corrected chi connectivity index (χ3v) is 6.97. The van der Waals surface area contributed by atoms with Gasteiger partial charge in [-0.2, -0.15) is 0 Å². The van der Waals surface area contributed by atoms with Crippen LogP contribution >= 0.6 is 0 Å². The van der Waals surface area contributed by atoms with Crippen molar-refractivity contribution in [3.63, 3.8) is 0 Å². The Hall–Kier alpha value is -1.56. The summed E-state index contributed by atoms with van der Waals surface area (Å²) in [5.74, 6) is -0.375. The fraction of sp³-hybridized carbons (Fsp3) is 0.632. The average molecular weight is 368 g/mol. The zero-order valence-corrected chi connectivity index (χ0v) is 16.5. The molecular weight excluding hydrogens is 338 g/mol. The molecule has 0 radical (unpaired) electrons. The molecule has 1 saturated heterocycles. The lowest BCUT2D eigenvalue weighted by molar-refractivity contribution is 0.0601. The smallest absolute Gasteiger partial charge is 0.339 e. The van der Waals surface area contributed by atoms with Gasteiger partial charge in [0.1, 0.15) is 0 Å². The van der Waals surface area contributed by atoms with Gasteiger partial charge in [0.2, 0.25) is 0 Å². The van der Waals surface area contributed by atoms with Crippen LogP contribution in [0.1, 0.15) is 56.8 Å². The lowest BCUT2D eigenvalue weighted by Crippen LogP contribution is -2.35. The van der Waals surface area contributed by atoms with Crippen molar-refractivity contribution in [3.05, 3.63) is 23.8 Å². The lowest BCUT2D eigenvalue weighted by Gasteiger charge is -2.34. The number of carbonyl (C=O) groups is 1. The Morgan fingerprint density at radius 3 is 2.24 bits per heavy atom. The molecule has 2 fully saturated rings. The van der Waals surface area contributed by atoms with E-state index in [1.165, 1.54) is 26.0 Å². The van der Waals surface area contributed by atoms with Crippen molar-refractivity contribution in [3.8, 4) is 0 Å². The molecule has 1 aromatic rings. The number of sulfone groups is 1. The number of esters is 1. The average Bonchev–Trinajstić information content (AvgIpc) is 3.41. The molecule has 0 unspecified atom stereocenters. The third-order valence-electron chi connectivity index (χ3n) is 5.24. The fourth-order valence-electron chi connectivity index (χ4n) is 3.31. The number of rotatable bonds is 4. The monoisotopic (exact) mass is 367 g/mol. The highest BCUT2D eigenvalue weighted by Crippen LogP contribution is 2.54. The molecule has 0 aromatic heterocycles. The number of nitrogens with zero attached hydrogens (tertiary/aromatic N) is 1. The molecule has 6 heteroatoms. The molecule has 3 rings (SSSR count). The zero-order valence-electron chi connectivity index (χ0n) is 15.7. The van der Waals surface area contributed by atoms with E-state index in [4.69, 9.17) is 4.74 Å². The number of piperidine rings is 1. The summed E-state index contributed by atoms with van der Waals surface area (Å²) >= 11 is 0. The van der Waals surface area contributed by atoms with Crippen LogP contribution in [0.4, 0.5) is 5.69 Å². The van der Waals surface area contributed by atoms with E-state index in [1.807, 2.05) is 13.8 Å². The maximum absolute atomic E-state index is 12.2. The van der Waals surface area contributed by atoms with Gasteiger partial charge in [-0.05, 0) is 49.3 Å². The van der Waals surface area contributed by atoms with Crippen LogP contribution in [0.3, 0.4) is 0 Å². The molecule has 1 spiro atoms. The number of hydrogen-bond donors (Lipinski definition) is 0. The Morgan fingerprint density at radius 2 is 1.76 bits per heavy atom. The minimum Gasteiger partial charge on any atom is -0.465 e. The normalized spacial score (nSPS) is 18.3. The quantitative estimate of drug-likeness (QED) is 0.760. The molecule has 2 aliphatic rings. The molecule has 0 atom stereocenters. The van der Waals surface area contributed by atoms with E-state index >= 15 is 0 Å². The van der Waals surface area contributed by atoms with Crippen LogP contribution in [0.2, 0.25) is 0 Å². The van der Waals surface area contributed by atoms with Crippen LogP contribution in [0.5, 0.6) is 0 Å². The van der Waals surface area contributed by atoms with Crippen LogP contribution in [-0.4, -0.2) is 40.3 Å². The van der Waals surface area contributed by atoms with Gasteiger partial charge in [0.05, 0.1) is 29.0 Å². The van der Waals surface area contributed by atoms with Crippen LogP contribution < -0.4 is 4.90 Å². The first kappa shape index (κ1) is 19.8. The predicted molar refractivity (Wildman–Crippen MR) is 100.0 cm³/mol. The Balaban J connectivity index is 0.00000109. The first-order chi connectivity index (χ1) is 11.9. The lowest BCUT2D eigenvalue weighted by atomic mass is 9.93. The standard InChI is InChI=1S/C17H23NO4S.C2H6/c1-3-23(20,21)13-4-5-14(16(19)22-2)15(12-13)18-10-8-17(6-7-17)9-11-18;1-2/h4-5,12H,3,6-11H2,1-2H3;1-2H3. The largest absolute Gasteiger partial charge is 0.465 e. The zero-order chi connectivity index (χ0) is 18.7. The summed E-state index contributed by atoms with van der Waals surface area (Å²) in [5, 5.41) is 0. The molecule has 0 N–H and O–H groups in total. The van der Waals surface area contributed by atoms with Gasteiger partial charge in [0.15, 0.2) is 9.84 Å². The molecule has 1 aliphatic carbocycles. The van der Waals surface area contributed by atoms with Crippen molar-refractivity contribution < 1.29 is 17.9 Å². The van der Waals surface area contributed by atoms with E-state index in [0.717, 1.165) is 25.9 Å². The second-order valence-corrected chi connectivity index (χ2v) is 8.84. The summed E-state index contributed by atoms with van der Waals surface area (Å²) in [4.78, 5) is 14.5. The van der Waals surface area contributed by atoms with Crippen LogP contribution in [0.25, 0.3) is 0 Å². The topological polar surface area (TPSA) is 63.7 Å². The number of anilines is 1. The molecule has 1 aliphatic heterocycles. The third kappa shape index (κ3) is 4.17. The van der Waals surface area contributed by atoms with Crippen molar-refractivity contribution in [2.75, 3.05) is 30.9 Å². The van der Waals surface area contributed by atoms with Gasteiger partial charge >= 0.3 is 5.97 Å². The number of methoxy groups -OCH3 is 1. The molecule has 0 bridgehead atoms. The second kappa shape index (κ2) is 7.77. The fourth-order valence-corrected chi connectivity index (χ4v) is 4.21. The molecule has 1 saturated carbocycles. The van der Waals surface area contributed by atoms with Crippen molar-refractivity contribution in [1.82, 2.24) is 0 Å². The van der Waals surface area contributed by atoms with E-state index < -0.39 is 15.8 Å². The molecule has 25 heavy (non-hydrogen) atoms. The predicted octanol–water partition coefficient (Wildman–Crippen LogP) is 3.67. The highest BCUT2D eigenvalue weighted by Gasteiger charge is 2.44. The maximum atomic E-state index is 12.2. The van der Waals surface area contributed by atoms with Crippen molar-refractivity contribution in [1.29, 1.82) is 0 Å². The summed E-state index contributed by atoms with van der Waals surface area (Å²) in [7, 11) is -1.95. The molecule has 0 amide bonds. The maximum Gasteiger partial charge on any atom is 0.339 e. The van der Waals surface area contributed by atoms with Gasteiger partial charge in [-0.3, -0.25) is 0 Å². The summed E-state index contributed by atoms with van der Waals surface area (Å²) < 4.78 is 29.2. The Bertz CT molecular complexity index is 713. The van der Waals surface area contributed by atoms with E-state index in [2.05, 4.69) is 4.90 Å². The van der Waals surface area contributed by atoms with E-state index in [1.54, 1.807) is 19.1 Å².